The van der Waals surface area contributed by atoms with Gasteiger partial charge in [-0.15, -0.1) is 0 Å². The third-order valence-corrected chi connectivity index (χ3v) is 2.77. The molecule has 4 N–H and O–H groups in total. The Morgan fingerprint density at radius 3 is 2.65 bits per heavy atom. The molecular weight excluding hydrogens is 262 g/mol. The summed E-state index contributed by atoms with van der Waals surface area (Å²) in [7, 11) is 0. The number of nitrogens with one attached hydrogen (secondary N) is 2. The van der Waals surface area contributed by atoms with Crippen molar-refractivity contribution in [3.05, 3.63) is 17.7 Å². The van der Waals surface area contributed by atoms with Crippen LogP contribution in [0.3, 0.4) is 0 Å². The van der Waals surface area contributed by atoms with Crippen molar-refractivity contribution in [3.63, 3.8) is 0 Å². The number of rotatable bonds is 5. The standard InChI is InChI=1S/C13H17N3O4/c1-2-3-15-12(17)6-16-13(18)8-4-10-11(5-9(8)14)20-7-19-10/h4-5H,2-3,6-7,14H2,1H3,(H,15,17)(H,16,18). The van der Waals surface area contributed by atoms with E-state index in [1.54, 1.807) is 0 Å². The summed E-state index contributed by atoms with van der Waals surface area (Å²) in [5.41, 5.74) is 6.32. The van der Waals surface area contributed by atoms with Gasteiger partial charge in [0.2, 0.25) is 12.7 Å². The summed E-state index contributed by atoms with van der Waals surface area (Å²) in [5.74, 6) is 0.325. The molecule has 0 saturated heterocycles. The molecular formula is C13H17N3O4. The number of hydrogen-bond donors (Lipinski definition) is 3. The number of carbonyl (C=O) groups excluding carboxylic acids is 2. The summed E-state index contributed by atoms with van der Waals surface area (Å²) in [6, 6.07) is 3.05. The number of benzene rings is 1. The molecule has 0 unspecified atom stereocenters. The van der Waals surface area contributed by atoms with Crippen LogP contribution >= 0.6 is 0 Å². The number of nitrogens with two attached hydrogens (primary N) is 1. The van der Waals surface area contributed by atoms with E-state index in [9.17, 15) is 9.59 Å². The predicted molar refractivity (Wildman–Crippen MR) is 72.6 cm³/mol. The fourth-order valence-electron chi connectivity index (χ4n) is 1.74. The van der Waals surface area contributed by atoms with Gasteiger partial charge in [0.1, 0.15) is 0 Å². The first kappa shape index (κ1) is 14.0. The first-order chi connectivity index (χ1) is 9.61. The Morgan fingerprint density at radius 1 is 1.25 bits per heavy atom. The maximum absolute atomic E-state index is 12.0. The lowest BCUT2D eigenvalue weighted by Crippen LogP contribution is -2.37. The van der Waals surface area contributed by atoms with Gasteiger partial charge in [-0.1, -0.05) is 6.92 Å². The lowest BCUT2D eigenvalue weighted by molar-refractivity contribution is -0.120. The lowest BCUT2D eigenvalue weighted by Gasteiger charge is -2.09. The van der Waals surface area contributed by atoms with Crippen LogP contribution in [0.4, 0.5) is 5.69 Å². The summed E-state index contributed by atoms with van der Waals surface area (Å²) in [6.07, 6.45) is 0.842. The molecule has 0 aromatic heterocycles. The normalized spacial score (nSPS) is 12.1. The number of anilines is 1. The first-order valence-electron chi connectivity index (χ1n) is 6.35. The Bertz CT molecular complexity index is 531. The van der Waals surface area contributed by atoms with Gasteiger partial charge >= 0.3 is 0 Å². The number of fused-ring (bicyclic) bond motifs is 1. The van der Waals surface area contributed by atoms with E-state index in [-0.39, 0.29) is 30.5 Å². The molecule has 0 atom stereocenters. The highest BCUT2D eigenvalue weighted by molar-refractivity contribution is 6.01. The van der Waals surface area contributed by atoms with E-state index in [1.165, 1.54) is 12.1 Å². The van der Waals surface area contributed by atoms with Crippen molar-refractivity contribution in [3.8, 4) is 11.5 Å². The van der Waals surface area contributed by atoms with Gasteiger partial charge in [0.05, 0.1) is 12.1 Å². The van der Waals surface area contributed by atoms with Gasteiger partial charge in [0, 0.05) is 18.3 Å². The van der Waals surface area contributed by atoms with E-state index in [0.29, 0.717) is 18.0 Å². The van der Waals surface area contributed by atoms with E-state index >= 15 is 0 Å². The van der Waals surface area contributed by atoms with Crippen molar-refractivity contribution in [1.82, 2.24) is 10.6 Å². The zero-order valence-electron chi connectivity index (χ0n) is 11.2. The van der Waals surface area contributed by atoms with Gasteiger partial charge in [-0.3, -0.25) is 9.59 Å². The number of hydrogen-bond acceptors (Lipinski definition) is 5. The van der Waals surface area contributed by atoms with Gasteiger partial charge in [-0.25, -0.2) is 0 Å². The molecule has 0 saturated carbocycles. The fraction of sp³-hybridized carbons (Fsp3) is 0.385. The van der Waals surface area contributed by atoms with E-state index in [1.807, 2.05) is 6.92 Å². The minimum absolute atomic E-state index is 0.0906. The van der Waals surface area contributed by atoms with Crippen LogP contribution in [-0.4, -0.2) is 31.7 Å². The van der Waals surface area contributed by atoms with Crippen LogP contribution in [0.25, 0.3) is 0 Å². The zero-order valence-corrected chi connectivity index (χ0v) is 11.2. The molecule has 0 bridgehead atoms. The number of carbonyl (C=O) groups is 2. The summed E-state index contributed by atoms with van der Waals surface area (Å²) in [5, 5.41) is 5.18. The Balaban J connectivity index is 1.97. The largest absolute Gasteiger partial charge is 0.454 e. The average molecular weight is 279 g/mol. The molecule has 2 rings (SSSR count). The molecule has 0 aliphatic carbocycles. The van der Waals surface area contributed by atoms with Gasteiger partial charge < -0.3 is 25.8 Å². The molecule has 2 amide bonds. The van der Waals surface area contributed by atoms with Crippen LogP contribution in [0.1, 0.15) is 23.7 Å². The van der Waals surface area contributed by atoms with Gasteiger partial charge in [0.25, 0.3) is 5.91 Å². The minimum atomic E-state index is -0.424. The zero-order chi connectivity index (χ0) is 14.5. The van der Waals surface area contributed by atoms with Crippen LogP contribution < -0.4 is 25.8 Å². The lowest BCUT2D eigenvalue weighted by atomic mass is 10.1. The summed E-state index contributed by atoms with van der Waals surface area (Å²) in [4.78, 5) is 23.4. The van der Waals surface area contributed by atoms with Crippen LogP contribution in [0.2, 0.25) is 0 Å². The van der Waals surface area contributed by atoms with Crippen LogP contribution in [0.5, 0.6) is 11.5 Å². The second-order valence-corrected chi connectivity index (χ2v) is 4.33. The maximum atomic E-state index is 12.0. The predicted octanol–water partition coefficient (Wildman–Crippen LogP) is 0.253. The fourth-order valence-corrected chi connectivity index (χ4v) is 1.74. The molecule has 20 heavy (non-hydrogen) atoms. The van der Waals surface area contributed by atoms with Crippen molar-refractivity contribution >= 4 is 17.5 Å². The van der Waals surface area contributed by atoms with Crippen molar-refractivity contribution in [2.24, 2.45) is 0 Å². The third kappa shape index (κ3) is 3.11. The monoisotopic (exact) mass is 279 g/mol. The van der Waals surface area contributed by atoms with Gasteiger partial charge in [-0.05, 0) is 12.5 Å². The molecule has 1 aromatic rings. The molecule has 1 aromatic carbocycles. The number of amides is 2. The molecule has 1 heterocycles. The molecule has 0 spiro atoms. The molecule has 1 aliphatic rings. The van der Waals surface area contributed by atoms with Crippen molar-refractivity contribution in [2.45, 2.75) is 13.3 Å². The summed E-state index contributed by atoms with van der Waals surface area (Å²) >= 11 is 0. The second-order valence-electron chi connectivity index (χ2n) is 4.33. The Morgan fingerprint density at radius 2 is 1.95 bits per heavy atom. The quantitative estimate of drug-likeness (QED) is 0.671. The third-order valence-electron chi connectivity index (χ3n) is 2.77. The van der Waals surface area contributed by atoms with E-state index in [4.69, 9.17) is 15.2 Å². The average Bonchev–Trinajstić information content (AvgIpc) is 2.88. The van der Waals surface area contributed by atoms with Crippen LogP contribution in [-0.2, 0) is 4.79 Å². The number of ether oxygens (including phenoxy) is 2. The highest BCUT2D eigenvalue weighted by Gasteiger charge is 2.19. The first-order valence-corrected chi connectivity index (χ1v) is 6.35. The maximum Gasteiger partial charge on any atom is 0.253 e. The molecule has 1 aliphatic heterocycles. The van der Waals surface area contributed by atoms with E-state index in [0.717, 1.165) is 6.42 Å². The summed E-state index contributed by atoms with van der Waals surface area (Å²) < 4.78 is 10.3. The molecule has 108 valence electrons. The smallest absolute Gasteiger partial charge is 0.253 e. The van der Waals surface area contributed by atoms with E-state index in [2.05, 4.69) is 10.6 Å². The Labute approximate surface area is 116 Å². The second kappa shape index (κ2) is 6.14. The Hall–Kier alpha value is -2.44. The molecule has 7 nitrogen and oxygen atoms in total. The molecule has 0 fully saturated rings. The SMILES string of the molecule is CCCNC(=O)CNC(=O)c1cc2c(cc1N)OCO2. The highest BCUT2D eigenvalue weighted by Crippen LogP contribution is 2.35. The van der Waals surface area contributed by atoms with Crippen LogP contribution in [0.15, 0.2) is 12.1 Å². The van der Waals surface area contributed by atoms with Crippen LogP contribution in [0, 0.1) is 0 Å². The van der Waals surface area contributed by atoms with Gasteiger partial charge in [0.15, 0.2) is 11.5 Å². The number of nitrogen functional groups attached to an aromatic ring is 1. The molecule has 0 radical (unpaired) electrons. The highest BCUT2D eigenvalue weighted by atomic mass is 16.7. The topological polar surface area (TPSA) is 103 Å². The van der Waals surface area contributed by atoms with E-state index < -0.39 is 5.91 Å². The molecule has 7 heteroatoms. The van der Waals surface area contributed by atoms with Crippen molar-refractivity contribution in [1.29, 1.82) is 0 Å². The van der Waals surface area contributed by atoms with Crippen molar-refractivity contribution in [2.75, 3.05) is 25.6 Å². The summed E-state index contributed by atoms with van der Waals surface area (Å²) in [6.45, 7) is 2.55. The minimum Gasteiger partial charge on any atom is -0.454 e. The van der Waals surface area contributed by atoms with Gasteiger partial charge in [-0.2, -0.15) is 0 Å². The van der Waals surface area contributed by atoms with Crippen molar-refractivity contribution < 1.29 is 19.1 Å². The Kier molecular flexibility index (Phi) is 4.29.